The second kappa shape index (κ2) is 8.88. The molecule has 12 heteroatoms. The van der Waals surface area contributed by atoms with Crippen molar-refractivity contribution in [3.05, 3.63) is 0 Å². The molecule has 1 rings (SSSR count). The van der Waals surface area contributed by atoms with Gasteiger partial charge in [0, 0.05) is 13.1 Å². The van der Waals surface area contributed by atoms with Crippen molar-refractivity contribution in [1.29, 1.82) is 10.8 Å². The van der Waals surface area contributed by atoms with Crippen molar-refractivity contribution in [2.45, 2.75) is 0 Å². The highest BCUT2D eigenvalue weighted by Gasteiger charge is 2.13. The van der Waals surface area contributed by atoms with Crippen LogP contribution in [0.1, 0.15) is 0 Å². The largest absolute Gasteiger partial charge is 0.394 e. The first kappa shape index (κ1) is 19.2. The first-order valence-electron chi connectivity index (χ1n) is 4.42. The smallest absolute Gasteiger partial charge is 0.378 e. The highest BCUT2D eigenvalue weighted by molar-refractivity contribution is 7.79. The third kappa shape index (κ3) is 12.9. The molecule has 0 amide bonds. The molecule has 0 aliphatic carbocycles. The van der Waals surface area contributed by atoms with Gasteiger partial charge in [0.05, 0.1) is 13.2 Å². The number of morpholine rings is 1. The number of hydrogen-bond acceptors (Lipinski definition) is 5. The molecule has 0 unspecified atom stereocenters. The molecule has 0 bridgehead atoms. The molecule has 10 nitrogen and oxygen atoms in total. The zero-order chi connectivity index (χ0) is 13.5. The lowest BCUT2D eigenvalue weighted by Gasteiger charge is -2.28. The van der Waals surface area contributed by atoms with E-state index in [1.165, 1.54) is 0 Å². The maximum atomic E-state index is 8.74. The fourth-order valence-electron chi connectivity index (χ4n) is 0.994. The topological polar surface area (TPSA) is 173 Å². The molecule has 0 spiro atoms. The van der Waals surface area contributed by atoms with E-state index in [1.54, 1.807) is 4.90 Å². The number of rotatable bonds is 0. The zero-order valence-corrected chi connectivity index (χ0v) is 10.9. The van der Waals surface area contributed by atoms with Crippen molar-refractivity contribution in [2.24, 2.45) is 5.73 Å². The Morgan fingerprint density at radius 2 is 1.67 bits per heavy atom. The van der Waals surface area contributed by atoms with Crippen LogP contribution in [0.4, 0.5) is 0 Å². The summed E-state index contributed by atoms with van der Waals surface area (Å²) >= 11 is 0. The second-order valence-electron chi connectivity index (χ2n) is 2.93. The lowest BCUT2D eigenvalue weighted by Crippen LogP contribution is -2.50. The summed E-state index contributed by atoms with van der Waals surface area (Å²) in [6.45, 7) is 2.61. The molecule has 0 aromatic heterocycles. The van der Waals surface area contributed by atoms with Gasteiger partial charge in [0.25, 0.3) is 0 Å². The van der Waals surface area contributed by atoms with Crippen LogP contribution >= 0.6 is 12.4 Å². The van der Waals surface area contributed by atoms with Gasteiger partial charge >= 0.3 is 10.4 Å². The Morgan fingerprint density at radius 3 is 2.00 bits per heavy atom. The Hall–Kier alpha value is -1.14. The summed E-state index contributed by atoms with van der Waals surface area (Å²) in [5.74, 6) is -0.0303. The Morgan fingerprint density at radius 1 is 1.28 bits per heavy atom. The first-order chi connectivity index (χ1) is 7.70. The maximum absolute atomic E-state index is 8.74. The fourth-order valence-corrected chi connectivity index (χ4v) is 0.994. The molecule has 1 saturated heterocycles. The monoisotopic (exact) mass is 305 g/mol. The molecule has 7 N–H and O–H groups in total. The minimum atomic E-state index is -4.67. The van der Waals surface area contributed by atoms with Crippen LogP contribution in [0, 0.1) is 10.8 Å². The van der Waals surface area contributed by atoms with E-state index in [1.807, 2.05) is 0 Å². The molecular weight excluding hydrogens is 290 g/mol. The first-order valence-corrected chi connectivity index (χ1v) is 5.82. The summed E-state index contributed by atoms with van der Waals surface area (Å²) in [4.78, 5) is 1.78. The average molecular weight is 306 g/mol. The van der Waals surface area contributed by atoms with E-state index in [-0.39, 0.29) is 24.3 Å². The summed E-state index contributed by atoms with van der Waals surface area (Å²) in [6, 6.07) is 0. The number of guanidine groups is 2. The molecule has 0 aromatic rings. The molecular formula is C6H16ClN5O5S. The van der Waals surface area contributed by atoms with Gasteiger partial charge in [-0.2, -0.15) is 8.42 Å². The van der Waals surface area contributed by atoms with Crippen LogP contribution in [0.5, 0.6) is 0 Å². The van der Waals surface area contributed by atoms with Crippen LogP contribution in [-0.4, -0.2) is 60.6 Å². The van der Waals surface area contributed by atoms with E-state index in [0.717, 1.165) is 0 Å². The molecule has 0 saturated carbocycles. The predicted octanol–water partition coefficient (Wildman–Crippen LogP) is -1.49. The fraction of sp³-hybridized carbons (Fsp3) is 0.667. The summed E-state index contributed by atoms with van der Waals surface area (Å²) in [5.41, 5.74) is 5.07. The normalized spacial score (nSPS) is 14.7. The lowest BCUT2D eigenvalue weighted by atomic mass is 10.4. The van der Waals surface area contributed by atoms with Crippen LogP contribution in [0.3, 0.4) is 0 Å². The van der Waals surface area contributed by atoms with Gasteiger partial charge in [0.2, 0.25) is 0 Å². The molecule has 18 heavy (non-hydrogen) atoms. The molecule has 1 heterocycles. The minimum Gasteiger partial charge on any atom is -0.378 e. The van der Waals surface area contributed by atoms with Gasteiger partial charge in [-0.1, -0.05) is 0 Å². The van der Waals surface area contributed by atoms with E-state index in [2.05, 4.69) is 5.32 Å². The molecule has 0 atom stereocenters. The molecule has 1 aliphatic heterocycles. The van der Waals surface area contributed by atoms with Crippen molar-refractivity contribution in [3.63, 3.8) is 0 Å². The summed E-state index contributed by atoms with van der Waals surface area (Å²) in [7, 11) is -4.67. The molecule has 0 aromatic carbocycles. The van der Waals surface area contributed by atoms with Crippen molar-refractivity contribution < 1.29 is 22.3 Å². The van der Waals surface area contributed by atoms with E-state index >= 15 is 0 Å². The van der Waals surface area contributed by atoms with Crippen LogP contribution < -0.4 is 11.1 Å². The number of nitrogens with zero attached hydrogens (tertiary/aromatic N) is 1. The van der Waals surface area contributed by atoms with Crippen molar-refractivity contribution >= 4 is 34.7 Å². The Bertz CT molecular complexity index is 361. The highest BCUT2D eigenvalue weighted by atomic mass is 35.5. The van der Waals surface area contributed by atoms with Crippen LogP contribution in [0.25, 0.3) is 0 Å². The number of nitrogens with two attached hydrogens (primary N) is 1. The van der Waals surface area contributed by atoms with Gasteiger partial charge in [0.15, 0.2) is 11.9 Å². The van der Waals surface area contributed by atoms with Gasteiger partial charge in [-0.3, -0.25) is 25.2 Å². The number of halogens is 1. The minimum absolute atomic E-state index is 0. The van der Waals surface area contributed by atoms with Gasteiger partial charge in [-0.25, -0.2) is 0 Å². The van der Waals surface area contributed by atoms with E-state index in [0.29, 0.717) is 26.3 Å². The van der Waals surface area contributed by atoms with E-state index in [9.17, 15) is 0 Å². The predicted molar refractivity (Wildman–Crippen MR) is 66.6 cm³/mol. The second-order valence-corrected chi connectivity index (χ2v) is 3.83. The number of ether oxygens (including phenoxy) is 1. The number of nitrogens with one attached hydrogen (secondary N) is 3. The average Bonchev–Trinajstić information content (AvgIpc) is 2.15. The van der Waals surface area contributed by atoms with Crippen molar-refractivity contribution in [3.8, 4) is 0 Å². The Kier molecular flexibility index (Phi) is 9.47. The zero-order valence-electron chi connectivity index (χ0n) is 9.29. The van der Waals surface area contributed by atoms with Crippen molar-refractivity contribution in [1.82, 2.24) is 10.2 Å². The summed E-state index contributed by atoms with van der Waals surface area (Å²) in [5, 5.41) is 16.8. The lowest BCUT2D eigenvalue weighted by molar-refractivity contribution is 0.0667. The highest BCUT2D eigenvalue weighted by Crippen LogP contribution is 1.95. The molecule has 1 aliphatic rings. The van der Waals surface area contributed by atoms with Gasteiger partial charge in [0.1, 0.15) is 0 Å². The summed E-state index contributed by atoms with van der Waals surface area (Å²) < 4.78 is 36.7. The number of hydrogen-bond donors (Lipinski definition) is 6. The Labute approximate surface area is 110 Å². The van der Waals surface area contributed by atoms with E-state index < -0.39 is 10.4 Å². The van der Waals surface area contributed by atoms with Crippen LogP contribution in [0.2, 0.25) is 0 Å². The Balaban J connectivity index is 0. The van der Waals surface area contributed by atoms with E-state index in [4.69, 9.17) is 38.8 Å². The van der Waals surface area contributed by atoms with Gasteiger partial charge in [-0.05, 0) is 0 Å². The van der Waals surface area contributed by atoms with Gasteiger partial charge in [-0.15, -0.1) is 12.4 Å². The third-order valence-corrected chi connectivity index (χ3v) is 1.58. The van der Waals surface area contributed by atoms with Crippen LogP contribution in [-0.2, 0) is 15.1 Å². The molecule has 1 fully saturated rings. The molecule has 108 valence electrons. The third-order valence-electron chi connectivity index (χ3n) is 1.58. The van der Waals surface area contributed by atoms with Crippen LogP contribution in [0.15, 0.2) is 0 Å². The van der Waals surface area contributed by atoms with Crippen molar-refractivity contribution in [2.75, 3.05) is 26.3 Å². The summed E-state index contributed by atoms with van der Waals surface area (Å²) in [6.07, 6.45) is 0. The maximum Gasteiger partial charge on any atom is 0.394 e. The molecule has 0 radical (unpaired) electrons. The standard InChI is InChI=1S/C6H13N5O.ClH.H2O4S/c7-5(8)10-6(9)11-1-3-12-4-2-11;;1-5(2,3)4/h1-4H2,(H5,7,8,9,10);1H;(H2,1,2,3,4). The quantitative estimate of drug-likeness (QED) is 0.178. The van der Waals surface area contributed by atoms with Gasteiger partial charge < -0.3 is 15.4 Å². The SMILES string of the molecule is Cl.N=C(N)NC(=N)N1CCOCC1.O=S(=O)(O)O.